The van der Waals surface area contributed by atoms with Crippen molar-refractivity contribution in [3.8, 4) is 34.0 Å². The molecule has 5 rings (SSSR count). The fourth-order valence-electron chi connectivity index (χ4n) is 4.14. The van der Waals surface area contributed by atoms with Crippen LogP contribution in [0.5, 0.6) is 11.5 Å². The zero-order valence-corrected chi connectivity index (χ0v) is 21.0. The van der Waals surface area contributed by atoms with Crippen molar-refractivity contribution in [2.75, 3.05) is 0 Å². The van der Waals surface area contributed by atoms with Gasteiger partial charge in [0.1, 0.15) is 24.7 Å². The second-order valence-corrected chi connectivity index (χ2v) is 8.84. The molecular formula is C31H30N4O2. The van der Waals surface area contributed by atoms with Crippen molar-refractivity contribution in [3.63, 3.8) is 0 Å². The number of hydrogen-bond acceptors (Lipinski definition) is 5. The average molecular weight is 491 g/mol. The third-order valence-electron chi connectivity index (χ3n) is 6.14. The Labute approximate surface area is 217 Å². The molecule has 0 spiro atoms. The maximum Gasteiger partial charge on any atom is 0.185 e. The Bertz CT molecular complexity index is 1400. The summed E-state index contributed by atoms with van der Waals surface area (Å²) in [4.78, 5) is 0. The van der Waals surface area contributed by atoms with Crippen molar-refractivity contribution in [1.82, 2.24) is 20.2 Å². The molecule has 0 unspecified atom stereocenters. The minimum absolute atomic E-state index is 0.424. The number of ether oxygens (including phenoxy) is 2. The monoisotopic (exact) mass is 490 g/mol. The quantitative estimate of drug-likeness (QED) is 0.200. The van der Waals surface area contributed by atoms with Gasteiger partial charge in [-0.15, -0.1) is 5.10 Å². The Balaban J connectivity index is 1.59. The lowest BCUT2D eigenvalue weighted by Gasteiger charge is -2.18. The first-order valence-electron chi connectivity index (χ1n) is 12.7. The van der Waals surface area contributed by atoms with Crippen molar-refractivity contribution in [2.24, 2.45) is 0 Å². The number of aromatic nitrogens is 4. The van der Waals surface area contributed by atoms with Gasteiger partial charge in [-0.25, -0.2) is 4.68 Å². The van der Waals surface area contributed by atoms with Crippen molar-refractivity contribution < 1.29 is 9.47 Å². The van der Waals surface area contributed by atoms with Crippen LogP contribution in [0.25, 0.3) is 22.5 Å². The van der Waals surface area contributed by atoms with E-state index in [2.05, 4.69) is 64.9 Å². The largest absolute Gasteiger partial charge is 0.488 e. The molecule has 0 amide bonds. The first-order valence-corrected chi connectivity index (χ1v) is 12.7. The van der Waals surface area contributed by atoms with Crippen LogP contribution in [0.1, 0.15) is 30.9 Å². The normalized spacial score (nSPS) is 10.8. The summed E-state index contributed by atoms with van der Waals surface area (Å²) in [6.45, 7) is 3.77. The van der Waals surface area contributed by atoms with Crippen LogP contribution in [0.4, 0.5) is 0 Å². The van der Waals surface area contributed by atoms with E-state index in [9.17, 15) is 0 Å². The zero-order valence-electron chi connectivity index (χ0n) is 21.0. The van der Waals surface area contributed by atoms with Crippen LogP contribution in [0.2, 0.25) is 0 Å². The number of hydrogen-bond donors (Lipinski definition) is 0. The van der Waals surface area contributed by atoms with Gasteiger partial charge in [0, 0.05) is 18.2 Å². The molecule has 0 aliphatic heterocycles. The van der Waals surface area contributed by atoms with Crippen molar-refractivity contribution in [2.45, 2.75) is 39.5 Å². The van der Waals surface area contributed by atoms with Crippen molar-refractivity contribution in [1.29, 1.82) is 0 Å². The number of rotatable bonds is 11. The number of unbranched alkanes of at least 4 members (excludes halogenated alkanes) is 1. The lowest BCUT2D eigenvalue weighted by Crippen LogP contribution is -2.06. The molecule has 6 heteroatoms. The average Bonchev–Trinajstić information content (AvgIpc) is 3.43. The number of aryl methyl sites for hydroxylation is 1. The minimum Gasteiger partial charge on any atom is -0.488 e. The van der Waals surface area contributed by atoms with Gasteiger partial charge in [-0.2, -0.15) is 0 Å². The fourth-order valence-corrected chi connectivity index (χ4v) is 4.14. The van der Waals surface area contributed by atoms with Gasteiger partial charge in [0.25, 0.3) is 0 Å². The highest BCUT2D eigenvalue weighted by atomic mass is 16.5. The first-order chi connectivity index (χ1) is 18.3. The lowest BCUT2D eigenvalue weighted by molar-refractivity contribution is 0.291. The highest BCUT2D eigenvalue weighted by Crippen LogP contribution is 2.41. The van der Waals surface area contributed by atoms with Crippen LogP contribution in [-0.2, 0) is 19.8 Å². The van der Waals surface area contributed by atoms with Crippen LogP contribution in [0.3, 0.4) is 0 Å². The van der Waals surface area contributed by atoms with Gasteiger partial charge in [0.15, 0.2) is 5.82 Å². The molecule has 186 valence electrons. The molecule has 0 bridgehead atoms. The van der Waals surface area contributed by atoms with Gasteiger partial charge in [0.05, 0.1) is 5.56 Å². The number of benzene rings is 4. The molecule has 1 heterocycles. The molecule has 4 aromatic carbocycles. The van der Waals surface area contributed by atoms with E-state index in [4.69, 9.17) is 9.47 Å². The molecule has 0 saturated carbocycles. The van der Waals surface area contributed by atoms with Gasteiger partial charge in [0.2, 0.25) is 0 Å². The molecule has 1 aromatic heterocycles. The summed E-state index contributed by atoms with van der Waals surface area (Å²) < 4.78 is 14.7. The highest BCUT2D eigenvalue weighted by molar-refractivity contribution is 5.79. The predicted octanol–water partition coefficient (Wildman–Crippen LogP) is 6.97. The van der Waals surface area contributed by atoms with E-state index in [1.165, 1.54) is 0 Å². The van der Waals surface area contributed by atoms with Crippen LogP contribution < -0.4 is 9.47 Å². The molecule has 0 aliphatic carbocycles. The Morgan fingerprint density at radius 3 is 1.84 bits per heavy atom. The van der Waals surface area contributed by atoms with Crippen LogP contribution >= 0.6 is 0 Å². The Morgan fingerprint density at radius 1 is 0.676 bits per heavy atom. The van der Waals surface area contributed by atoms with Crippen molar-refractivity contribution >= 4 is 0 Å². The summed E-state index contributed by atoms with van der Waals surface area (Å²) in [6.07, 6.45) is 2.04. The lowest BCUT2D eigenvalue weighted by atomic mass is 10.0. The van der Waals surface area contributed by atoms with Crippen LogP contribution in [0.15, 0.2) is 103 Å². The van der Waals surface area contributed by atoms with E-state index >= 15 is 0 Å². The highest BCUT2D eigenvalue weighted by Gasteiger charge is 2.20. The number of tetrazole rings is 1. The van der Waals surface area contributed by atoms with E-state index in [-0.39, 0.29) is 0 Å². The van der Waals surface area contributed by atoms with E-state index in [1.807, 2.05) is 65.3 Å². The van der Waals surface area contributed by atoms with E-state index < -0.39 is 0 Å². The maximum atomic E-state index is 6.40. The van der Waals surface area contributed by atoms with Gasteiger partial charge in [-0.1, -0.05) is 104 Å². The van der Waals surface area contributed by atoms with Crippen LogP contribution in [0, 0.1) is 0 Å². The predicted molar refractivity (Wildman–Crippen MR) is 145 cm³/mol. The summed E-state index contributed by atoms with van der Waals surface area (Å²) in [7, 11) is 0. The molecule has 0 aliphatic rings. The Hall–Kier alpha value is -4.45. The number of nitrogens with zero attached hydrogens (tertiary/aromatic N) is 4. The zero-order chi connectivity index (χ0) is 25.3. The minimum atomic E-state index is 0.424. The summed E-state index contributed by atoms with van der Waals surface area (Å²) in [6, 6.07) is 34.6. The summed E-state index contributed by atoms with van der Waals surface area (Å²) in [5.74, 6) is 2.11. The van der Waals surface area contributed by atoms with Gasteiger partial charge in [-0.05, 0) is 39.6 Å². The first kappa shape index (κ1) is 24.3. The second-order valence-electron chi connectivity index (χ2n) is 8.84. The van der Waals surface area contributed by atoms with E-state index in [0.29, 0.717) is 24.8 Å². The van der Waals surface area contributed by atoms with E-state index in [1.54, 1.807) is 0 Å². The molecule has 5 aromatic rings. The molecule has 0 saturated heterocycles. The standard InChI is InChI=1S/C31H30N4O2/c1-2-3-19-35-31(32-33-34-35)28-20-27(26-17-11-6-12-18-26)29(36-22-24-13-7-4-8-14-24)21-30(28)37-23-25-15-9-5-10-16-25/h4-18,20-21H,2-3,19,22-23H2,1H3. The maximum absolute atomic E-state index is 6.40. The van der Waals surface area contributed by atoms with Crippen LogP contribution in [-0.4, -0.2) is 20.2 Å². The molecule has 0 N–H and O–H groups in total. The molecule has 0 fully saturated rings. The fraction of sp³-hybridized carbons (Fsp3) is 0.194. The molecule has 0 atom stereocenters. The van der Waals surface area contributed by atoms with E-state index in [0.717, 1.165) is 53.0 Å². The molecular weight excluding hydrogens is 460 g/mol. The van der Waals surface area contributed by atoms with Gasteiger partial charge >= 0.3 is 0 Å². The molecule has 37 heavy (non-hydrogen) atoms. The SMILES string of the molecule is CCCCn1nnnc1-c1cc(-c2ccccc2)c(OCc2ccccc2)cc1OCc1ccccc1. The Kier molecular flexibility index (Phi) is 7.86. The molecule has 0 radical (unpaired) electrons. The summed E-state index contributed by atoms with van der Waals surface area (Å²) in [5.41, 5.74) is 5.03. The summed E-state index contributed by atoms with van der Waals surface area (Å²) in [5, 5.41) is 12.6. The smallest absolute Gasteiger partial charge is 0.185 e. The van der Waals surface area contributed by atoms with Crippen molar-refractivity contribution in [3.05, 3.63) is 114 Å². The summed E-state index contributed by atoms with van der Waals surface area (Å²) >= 11 is 0. The van der Waals surface area contributed by atoms with Gasteiger partial charge in [-0.3, -0.25) is 0 Å². The third-order valence-corrected chi connectivity index (χ3v) is 6.14. The second kappa shape index (κ2) is 12.0. The Morgan fingerprint density at radius 2 is 1.24 bits per heavy atom. The van der Waals surface area contributed by atoms with Gasteiger partial charge < -0.3 is 9.47 Å². The molecule has 6 nitrogen and oxygen atoms in total. The third kappa shape index (κ3) is 6.04. The topological polar surface area (TPSA) is 62.1 Å².